The molecule has 122 valence electrons. The molecule has 3 heterocycles. The fraction of sp³-hybridized carbons (Fsp3) is 0.174. The van der Waals surface area contributed by atoms with Crippen LogP contribution in [0.25, 0.3) is 16.8 Å². The van der Waals surface area contributed by atoms with Crippen LogP contribution in [0.3, 0.4) is 0 Å². The van der Waals surface area contributed by atoms with E-state index in [2.05, 4.69) is 65.9 Å². The predicted molar refractivity (Wildman–Crippen MR) is 102 cm³/mol. The Balaban J connectivity index is 1.59. The molecule has 0 fully saturated rings. The average molecular weight is 324 g/mol. The minimum atomic E-state index is 1.01. The van der Waals surface area contributed by atoms with Gasteiger partial charge in [0.15, 0.2) is 0 Å². The standard InChI is InChI=1S/C23H20N2/c1-2-14-25-16-20(11-12-21(25)7-1)22-8-4-13-24-23(22)19-10-9-17-5-3-6-18(17)15-19/h2,4,7-16H,1,3,5-6H2. The van der Waals surface area contributed by atoms with Crippen LogP contribution in [0.5, 0.6) is 0 Å². The normalized spacial score (nSPS) is 17.8. The van der Waals surface area contributed by atoms with Crippen molar-refractivity contribution in [1.29, 1.82) is 0 Å². The Morgan fingerprint density at radius 2 is 1.96 bits per heavy atom. The van der Waals surface area contributed by atoms with E-state index in [9.17, 15) is 0 Å². The van der Waals surface area contributed by atoms with E-state index in [1.807, 2.05) is 12.3 Å². The molecule has 0 saturated carbocycles. The molecule has 0 amide bonds. The molecule has 5 rings (SSSR count). The van der Waals surface area contributed by atoms with Gasteiger partial charge in [0.1, 0.15) is 0 Å². The van der Waals surface area contributed by atoms with E-state index in [-0.39, 0.29) is 0 Å². The van der Waals surface area contributed by atoms with Crippen molar-refractivity contribution >= 4 is 5.57 Å². The average Bonchev–Trinajstić information content (AvgIpc) is 3.15. The predicted octanol–water partition coefficient (Wildman–Crippen LogP) is 5.25. The van der Waals surface area contributed by atoms with E-state index in [0.29, 0.717) is 0 Å². The van der Waals surface area contributed by atoms with Crippen LogP contribution in [-0.4, -0.2) is 9.88 Å². The van der Waals surface area contributed by atoms with Crippen LogP contribution in [-0.2, 0) is 12.8 Å². The molecule has 2 aliphatic heterocycles. The van der Waals surface area contributed by atoms with E-state index in [0.717, 1.165) is 12.1 Å². The molecule has 0 N–H and O–H groups in total. The molecule has 25 heavy (non-hydrogen) atoms. The van der Waals surface area contributed by atoms with Crippen LogP contribution >= 0.6 is 0 Å². The van der Waals surface area contributed by atoms with Gasteiger partial charge in [-0.2, -0.15) is 0 Å². The molecular weight excluding hydrogens is 304 g/mol. The summed E-state index contributed by atoms with van der Waals surface area (Å²) in [5, 5.41) is 0. The van der Waals surface area contributed by atoms with Crippen molar-refractivity contribution in [1.82, 2.24) is 9.88 Å². The number of pyridine rings is 1. The van der Waals surface area contributed by atoms with E-state index >= 15 is 0 Å². The maximum Gasteiger partial charge on any atom is 0.0780 e. The lowest BCUT2D eigenvalue weighted by Gasteiger charge is -2.25. The van der Waals surface area contributed by atoms with Crippen LogP contribution in [0.1, 0.15) is 29.5 Å². The Bertz CT molecular complexity index is 960. The first-order valence-electron chi connectivity index (χ1n) is 9.01. The van der Waals surface area contributed by atoms with Gasteiger partial charge in [-0.1, -0.05) is 36.4 Å². The molecule has 1 aliphatic carbocycles. The molecule has 0 spiro atoms. The van der Waals surface area contributed by atoms with Crippen LogP contribution in [0.4, 0.5) is 0 Å². The highest BCUT2D eigenvalue weighted by Gasteiger charge is 2.17. The third-order valence-corrected chi connectivity index (χ3v) is 5.23. The Morgan fingerprint density at radius 1 is 1.00 bits per heavy atom. The summed E-state index contributed by atoms with van der Waals surface area (Å²) in [5.74, 6) is 0. The number of allylic oxidation sites excluding steroid dienone is 5. The maximum absolute atomic E-state index is 4.73. The highest BCUT2D eigenvalue weighted by molar-refractivity contribution is 5.85. The molecule has 0 bridgehead atoms. The molecular formula is C23H20N2. The number of aromatic nitrogens is 1. The van der Waals surface area contributed by atoms with Crippen molar-refractivity contribution in [2.24, 2.45) is 0 Å². The zero-order valence-electron chi connectivity index (χ0n) is 14.2. The molecule has 1 aromatic carbocycles. The zero-order valence-corrected chi connectivity index (χ0v) is 14.2. The molecule has 2 aromatic rings. The van der Waals surface area contributed by atoms with Crippen LogP contribution < -0.4 is 0 Å². The lowest BCUT2D eigenvalue weighted by Crippen LogP contribution is -2.13. The first-order chi connectivity index (χ1) is 12.4. The topological polar surface area (TPSA) is 16.1 Å². The number of benzene rings is 1. The molecule has 0 radical (unpaired) electrons. The van der Waals surface area contributed by atoms with Gasteiger partial charge in [0.2, 0.25) is 0 Å². The second-order valence-corrected chi connectivity index (χ2v) is 6.81. The summed E-state index contributed by atoms with van der Waals surface area (Å²) in [6, 6.07) is 11.1. The van der Waals surface area contributed by atoms with Crippen LogP contribution in [0, 0.1) is 0 Å². The van der Waals surface area contributed by atoms with Crippen LogP contribution in [0.2, 0.25) is 0 Å². The van der Waals surface area contributed by atoms with Gasteiger partial charge in [0.05, 0.1) is 5.69 Å². The van der Waals surface area contributed by atoms with E-state index in [1.165, 1.54) is 52.8 Å². The lowest BCUT2D eigenvalue weighted by atomic mass is 9.95. The van der Waals surface area contributed by atoms with Gasteiger partial charge in [-0.05, 0) is 55.0 Å². The molecule has 0 unspecified atom stereocenters. The highest BCUT2D eigenvalue weighted by Crippen LogP contribution is 2.34. The van der Waals surface area contributed by atoms with E-state index < -0.39 is 0 Å². The Kier molecular flexibility index (Phi) is 3.41. The van der Waals surface area contributed by atoms with Gasteiger partial charge < -0.3 is 4.90 Å². The highest BCUT2D eigenvalue weighted by atomic mass is 15.1. The minimum Gasteiger partial charge on any atom is -0.324 e. The molecule has 0 saturated heterocycles. The van der Waals surface area contributed by atoms with Crippen molar-refractivity contribution in [3.8, 4) is 11.3 Å². The third kappa shape index (κ3) is 2.54. The second kappa shape index (κ2) is 5.89. The number of hydrogen-bond donors (Lipinski definition) is 0. The van der Waals surface area contributed by atoms with Crippen molar-refractivity contribution in [2.75, 3.05) is 0 Å². The molecule has 0 atom stereocenters. The van der Waals surface area contributed by atoms with Crippen molar-refractivity contribution in [3.05, 3.63) is 95.6 Å². The summed E-state index contributed by atoms with van der Waals surface area (Å²) in [4.78, 5) is 6.92. The number of rotatable bonds is 2. The van der Waals surface area contributed by atoms with E-state index in [4.69, 9.17) is 4.98 Å². The molecule has 3 aliphatic rings. The largest absolute Gasteiger partial charge is 0.324 e. The molecule has 1 aromatic heterocycles. The third-order valence-electron chi connectivity index (χ3n) is 5.23. The maximum atomic E-state index is 4.73. The first kappa shape index (κ1) is 14.5. The monoisotopic (exact) mass is 324 g/mol. The summed E-state index contributed by atoms with van der Waals surface area (Å²) < 4.78 is 0. The fourth-order valence-electron chi connectivity index (χ4n) is 3.94. The van der Waals surface area contributed by atoms with Gasteiger partial charge in [-0.25, -0.2) is 0 Å². The second-order valence-electron chi connectivity index (χ2n) is 6.81. The van der Waals surface area contributed by atoms with Gasteiger partial charge in [0.25, 0.3) is 0 Å². The zero-order chi connectivity index (χ0) is 16.6. The van der Waals surface area contributed by atoms with Crippen molar-refractivity contribution in [2.45, 2.75) is 25.7 Å². The summed E-state index contributed by atoms with van der Waals surface area (Å²) in [5.41, 5.74) is 8.93. The van der Waals surface area contributed by atoms with Gasteiger partial charge >= 0.3 is 0 Å². The summed E-state index contributed by atoms with van der Waals surface area (Å²) in [6.07, 6.45) is 19.8. The number of fused-ring (bicyclic) bond motifs is 2. The number of aryl methyl sites for hydroxylation is 2. The SMILES string of the molecule is C1=CN2C=C(c3cccnc3-c3ccc4c(c3)CCC4)C=CC2=CC1. The van der Waals surface area contributed by atoms with Gasteiger partial charge in [-0.3, -0.25) is 4.98 Å². The lowest BCUT2D eigenvalue weighted by molar-refractivity contribution is 0.632. The van der Waals surface area contributed by atoms with Crippen LogP contribution in [0.15, 0.2) is 78.9 Å². The Labute approximate surface area is 148 Å². The molecule has 2 heteroatoms. The number of nitrogens with zero attached hydrogens (tertiary/aromatic N) is 2. The van der Waals surface area contributed by atoms with Gasteiger partial charge in [0, 0.05) is 41.0 Å². The summed E-state index contributed by atoms with van der Waals surface area (Å²) in [6.45, 7) is 0. The van der Waals surface area contributed by atoms with Crippen molar-refractivity contribution in [3.63, 3.8) is 0 Å². The fourth-order valence-corrected chi connectivity index (χ4v) is 3.94. The van der Waals surface area contributed by atoms with Crippen molar-refractivity contribution < 1.29 is 0 Å². The minimum absolute atomic E-state index is 1.01. The summed E-state index contributed by atoms with van der Waals surface area (Å²) >= 11 is 0. The smallest absolute Gasteiger partial charge is 0.0780 e. The Hall–Kier alpha value is -2.87. The first-order valence-corrected chi connectivity index (χ1v) is 9.01. The van der Waals surface area contributed by atoms with E-state index in [1.54, 1.807) is 0 Å². The van der Waals surface area contributed by atoms with Gasteiger partial charge in [-0.15, -0.1) is 0 Å². The molecule has 2 nitrogen and oxygen atoms in total. The Morgan fingerprint density at radius 3 is 2.96 bits per heavy atom. The quantitative estimate of drug-likeness (QED) is 0.750. The number of hydrogen-bond acceptors (Lipinski definition) is 2. The summed E-state index contributed by atoms with van der Waals surface area (Å²) in [7, 11) is 0.